The van der Waals surface area contributed by atoms with Crippen molar-refractivity contribution in [3.63, 3.8) is 0 Å². The molecule has 0 fully saturated rings. The number of methoxy groups -OCH3 is 1. The summed E-state index contributed by atoms with van der Waals surface area (Å²) in [5.41, 5.74) is 7.08. The second-order valence-electron chi connectivity index (χ2n) is 6.41. The molecule has 0 unspecified atom stereocenters. The van der Waals surface area contributed by atoms with Crippen LogP contribution < -0.4 is 5.32 Å². The van der Waals surface area contributed by atoms with Gasteiger partial charge >= 0.3 is 5.97 Å². The molecule has 26 heavy (non-hydrogen) atoms. The number of nitrogens with one attached hydrogen (secondary N) is 1. The van der Waals surface area contributed by atoms with Crippen molar-refractivity contribution in [1.82, 2.24) is 0 Å². The standard InChI is InChI=1S/C23H23NO2/c1-16-8-11-19(12-9-16)24-15-18-10-13-21(23(25)26-3)22(14-18)20-7-5-4-6-17(20)2/h4-14,24H,15H2,1-3H3. The summed E-state index contributed by atoms with van der Waals surface area (Å²) in [7, 11) is 1.41. The van der Waals surface area contributed by atoms with Crippen molar-refractivity contribution in [1.29, 1.82) is 0 Å². The van der Waals surface area contributed by atoms with Crippen molar-refractivity contribution in [3.8, 4) is 11.1 Å². The van der Waals surface area contributed by atoms with Crippen LogP contribution in [-0.4, -0.2) is 13.1 Å². The predicted octanol–water partition coefficient (Wildman–Crippen LogP) is 5.37. The Morgan fingerprint density at radius 3 is 2.35 bits per heavy atom. The van der Waals surface area contributed by atoms with E-state index in [-0.39, 0.29) is 5.97 Å². The van der Waals surface area contributed by atoms with Gasteiger partial charge in [0.2, 0.25) is 0 Å². The Balaban J connectivity index is 1.93. The first-order valence-corrected chi connectivity index (χ1v) is 8.66. The first kappa shape index (κ1) is 17.7. The monoisotopic (exact) mass is 345 g/mol. The van der Waals surface area contributed by atoms with Gasteiger partial charge in [0.15, 0.2) is 0 Å². The first-order chi connectivity index (χ1) is 12.6. The van der Waals surface area contributed by atoms with E-state index in [0.717, 1.165) is 27.9 Å². The van der Waals surface area contributed by atoms with Gasteiger partial charge in [-0.2, -0.15) is 0 Å². The van der Waals surface area contributed by atoms with Crippen molar-refractivity contribution in [2.75, 3.05) is 12.4 Å². The molecule has 0 radical (unpaired) electrons. The zero-order chi connectivity index (χ0) is 18.5. The molecule has 0 aliphatic carbocycles. The highest BCUT2D eigenvalue weighted by Gasteiger charge is 2.15. The minimum absolute atomic E-state index is 0.318. The lowest BCUT2D eigenvalue weighted by atomic mass is 9.94. The maximum Gasteiger partial charge on any atom is 0.338 e. The van der Waals surface area contributed by atoms with Crippen LogP contribution in [0, 0.1) is 13.8 Å². The molecule has 3 rings (SSSR count). The molecule has 0 atom stereocenters. The largest absolute Gasteiger partial charge is 0.465 e. The van der Waals surface area contributed by atoms with E-state index in [2.05, 4.69) is 42.6 Å². The summed E-state index contributed by atoms with van der Waals surface area (Å²) in [5, 5.41) is 3.43. The Kier molecular flexibility index (Phi) is 5.37. The van der Waals surface area contributed by atoms with E-state index in [9.17, 15) is 4.79 Å². The highest BCUT2D eigenvalue weighted by atomic mass is 16.5. The number of benzene rings is 3. The molecular weight excluding hydrogens is 322 g/mol. The van der Waals surface area contributed by atoms with Crippen molar-refractivity contribution in [3.05, 3.63) is 89.0 Å². The Hall–Kier alpha value is -3.07. The van der Waals surface area contributed by atoms with Crippen molar-refractivity contribution >= 4 is 11.7 Å². The normalized spacial score (nSPS) is 10.4. The van der Waals surface area contributed by atoms with Gasteiger partial charge in [-0.05, 0) is 60.4 Å². The van der Waals surface area contributed by atoms with Crippen LogP contribution in [0.25, 0.3) is 11.1 Å². The van der Waals surface area contributed by atoms with Crippen LogP contribution in [0.1, 0.15) is 27.0 Å². The van der Waals surface area contributed by atoms with Gasteiger partial charge in [0, 0.05) is 12.2 Å². The van der Waals surface area contributed by atoms with Gasteiger partial charge in [0.25, 0.3) is 0 Å². The van der Waals surface area contributed by atoms with E-state index in [1.54, 1.807) is 0 Å². The Morgan fingerprint density at radius 2 is 1.65 bits per heavy atom. The lowest BCUT2D eigenvalue weighted by molar-refractivity contribution is 0.0601. The van der Waals surface area contributed by atoms with Gasteiger partial charge in [-0.15, -0.1) is 0 Å². The van der Waals surface area contributed by atoms with E-state index < -0.39 is 0 Å². The smallest absolute Gasteiger partial charge is 0.338 e. The lowest BCUT2D eigenvalue weighted by Crippen LogP contribution is -2.06. The fourth-order valence-corrected chi connectivity index (χ4v) is 2.96. The van der Waals surface area contributed by atoms with E-state index in [1.165, 1.54) is 12.7 Å². The van der Waals surface area contributed by atoms with E-state index in [4.69, 9.17) is 4.74 Å². The van der Waals surface area contributed by atoms with Crippen LogP contribution in [0.15, 0.2) is 66.7 Å². The zero-order valence-electron chi connectivity index (χ0n) is 15.4. The molecule has 3 heteroatoms. The molecule has 132 valence electrons. The highest BCUT2D eigenvalue weighted by Crippen LogP contribution is 2.29. The Morgan fingerprint density at radius 1 is 0.923 bits per heavy atom. The number of carbonyl (C=O) groups excluding carboxylic acids is 1. The third-order valence-electron chi connectivity index (χ3n) is 4.47. The molecule has 0 heterocycles. The van der Waals surface area contributed by atoms with Gasteiger partial charge < -0.3 is 10.1 Å². The third kappa shape index (κ3) is 3.94. The fourth-order valence-electron chi connectivity index (χ4n) is 2.96. The highest BCUT2D eigenvalue weighted by molar-refractivity contribution is 5.97. The molecule has 0 spiro atoms. The molecule has 0 aliphatic heterocycles. The number of hydrogen-bond donors (Lipinski definition) is 1. The minimum atomic E-state index is -0.318. The van der Waals surface area contributed by atoms with Crippen molar-refractivity contribution < 1.29 is 9.53 Å². The van der Waals surface area contributed by atoms with Gasteiger partial charge in [0.1, 0.15) is 0 Å². The number of aryl methyl sites for hydroxylation is 2. The quantitative estimate of drug-likeness (QED) is 0.632. The van der Waals surface area contributed by atoms with Crippen LogP contribution in [0.4, 0.5) is 5.69 Å². The first-order valence-electron chi connectivity index (χ1n) is 8.66. The van der Waals surface area contributed by atoms with Crippen LogP contribution in [0.5, 0.6) is 0 Å². The van der Waals surface area contributed by atoms with Gasteiger partial charge in [0.05, 0.1) is 12.7 Å². The number of carbonyl (C=O) groups is 1. The number of anilines is 1. The van der Waals surface area contributed by atoms with Crippen LogP contribution in [-0.2, 0) is 11.3 Å². The second kappa shape index (κ2) is 7.87. The maximum atomic E-state index is 12.2. The second-order valence-corrected chi connectivity index (χ2v) is 6.41. The lowest BCUT2D eigenvalue weighted by Gasteiger charge is -2.14. The summed E-state index contributed by atoms with van der Waals surface area (Å²) >= 11 is 0. The molecule has 3 nitrogen and oxygen atoms in total. The van der Waals surface area contributed by atoms with Crippen LogP contribution >= 0.6 is 0 Å². The summed E-state index contributed by atoms with van der Waals surface area (Å²) < 4.78 is 4.96. The molecule has 0 aromatic heterocycles. The minimum Gasteiger partial charge on any atom is -0.465 e. The van der Waals surface area contributed by atoms with Gasteiger partial charge in [-0.3, -0.25) is 0 Å². The average Bonchev–Trinajstić information content (AvgIpc) is 2.67. The maximum absolute atomic E-state index is 12.2. The average molecular weight is 345 g/mol. The summed E-state index contributed by atoms with van der Waals surface area (Å²) in [6, 6.07) is 22.3. The number of ether oxygens (including phenoxy) is 1. The number of hydrogen-bond acceptors (Lipinski definition) is 3. The molecule has 0 aliphatic rings. The third-order valence-corrected chi connectivity index (χ3v) is 4.47. The zero-order valence-corrected chi connectivity index (χ0v) is 15.4. The Labute approximate surface area is 154 Å². The molecule has 1 N–H and O–H groups in total. The van der Waals surface area contributed by atoms with Gasteiger partial charge in [-0.1, -0.05) is 48.0 Å². The van der Waals surface area contributed by atoms with Crippen molar-refractivity contribution in [2.24, 2.45) is 0 Å². The summed E-state index contributed by atoms with van der Waals surface area (Å²) in [6.45, 7) is 4.81. The predicted molar refractivity (Wildman–Crippen MR) is 106 cm³/mol. The molecule has 3 aromatic carbocycles. The molecular formula is C23H23NO2. The fraction of sp³-hybridized carbons (Fsp3) is 0.174. The molecule has 0 saturated heterocycles. The van der Waals surface area contributed by atoms with Gasteiger partial charge in [-0.25, -0.2) is 4.79 Å². The summed E-state index contributed by atoms with van der Waals surface area (Å²) in [5.74, 6) is -0.318. The summed E-state index contributed by atoms with van der Waals surface area (Å²) in [6.07, 6.45) is 0. The number of esters is 1. The summed E-state index contributed by atoms with van der Waals surface area (Å²) in [4.78, 5) is 12.2. The molecule has 0 bridgehead atoms. The van der Waals surface area contributed by atoms with Crippen LogP contribution in [0.3, 0.4) is 0 Å². The van der Waals surface area contributed by atoms with E-state index >= 15 is 0 Å². The van der Waals surface area contributed by atoms with E-state index in [0.29, 0.717) is 12.1 Å². The van der Waals surface area contributed by atoms with Crippen LogP contribution in [0.2, 0.25) is 0 Å². The van der Waals surface area contributed by atoms with Crippen molar-refractivity contribution in [2.45, 2.75) is 20.4 Å². The van der Waals surface area contributed by atoms with E-state index in [1.807, 2.05) is 43.3 Å². The molecule has 0 amide bonds. The molecule has 0 saturated carbocycles. The SMILES string of the molecule is COC(=O)c1ccc(CNc2ccc(C)cc2)cc1-c1ccccc1C. The molecule has 3 aromatic rings. The Bertz CT molecular complexity index is 914. The number of rotatable bonds is 5. The topological polar surface area (TPSA) is 38.3 Å².